The Balaban J connectivity index is 1.37. The molecule has 3 aromatic rings. The summed E-state index contributed by atoms with van der Waals surface area (Å²) in [5, 5.41) is 2.76. The van der Waals surface area contributed by atoms with Crippen LogP contribution in [0.3, 0.4) is 0 Å². The van der Waals surface area contributed by atoms with E-state index in [0.29, 0.717) is 12.0 Å². The quantitative estimate of drug-likeness (QED) is 0.275. The lowest BCUT2D eigenvalue weighted by Gasteiger charge is -2.46. The molecular formula is C33H44O2Si. The summed E-state index contributed by atoms with van der Waals surface area (Å²) in [6.07, 6.45) is 7.29. The highest BCUT2D eigenvalue weighted by atomic mass is 28.4. The maximum atomic E-state index is 7.36. The smallest absolute Gasteiger partial charge is 0.261 e. The van der Waals surface area contributed by atoms with E-state index in [1.54, 1.807) is 0 Å². The van der Waals surface area contributed by atoms with Gasteiger partial charge in [0.1, 0.15) is 0 Å². The van der Waals surface area contributed by atoms with Crippen LogP contribution in [-0.4, -0.2) is 27.1 Å². The largest absolute Gasteiger partial charge is 0.404 e. The number of hydrogen-bond donors (Lipinski definition) is 0. The van der Waals surface area contributed by atoms with Crippen LogP contribution >= 0.6 is 0 Å². The fourth-order valence-electron chi connectivity index (χ4n) is 5.70. The minimum Gasteiger partial charge on any atom is -0.404 e. The van der Waals surface area contributed by atoms with Crippen LogP contribution in [0.25, 0.3) is 0 Å². The molecule has 0 radical (unpaired) electrons. The first-order chi connectivity index (χ1) is 17.4. The maximum Gasteiger partial charge on any atom is 0.261 e. The van der Waals surface area contributed by atoms with Crippen molar-refractivity contribution in [3.63, 3.8) is 0 Å². The molecule has 1 aliphatic rings. The summed E-state index contributed by atoms with van der Waals surface area (Å²) < 4.78 is 13.8. The number of ether oxygens (including phenoxy) is 1. The molecule has 192 valence electrons. The summed E-state index contributed by atoms with van der Waals surface area (Å²) in [6, 6.07) is 32.8. The van der Waals surface area contributed by atoms with Crippen molar-refractivity contribution in [3.8, 4) is 0 Å². The zero-order chi connectivity index (χ0) is 25.4. The second-order valence-corrected chi connectivity index (χ2v) is 15.9. The van der Waals surface area contributed by atoms with E-state index in [9.17, 15) is 0 Å². The Labute approximate surface area is 220 Å². The monoisotopic (exact) mass is 500 g/mol. The van der Waals surface area contributed by atoms with Crippen LogP contribution in [0.15, 0.2) is 91.0 Å². The molecule has 0 aromatic heterocycles. The molecule has 0 unspecified atom stereocenters. The zero-order valence-electron chi connectivity index (χ0n) is 22.7. The molecule has 2 nitrogen and oxygen atoms in total. The summed E-state index contributed by atoms with van der Waals surface area (Å²) in [6.45, 7) is 10.3. The molecule has 0 saturated heterocycles. The van der Waals surface area contributed by atoms with Crippen molar-refractivity contribution in [1.82, 2.24) is 0 Å². The van der Waals surface area contributed by atoms with Gasteiger partial charge >= 0.3 is 0 Å². The Morgan fingerprint density at radius 3 is 1.69 bits per heavy atom. The predicted octanol–water partition coefficient (Wildman–Crippen LogP) is 7.16. The molecule has 1 saturated carbocycles. The topological polar surface area (TPSA) is 18.5 Å². The molecule has 0 N–H and O–H groups in total. The van der Waals surface area contributed by atoms with Gasteiger partial charge in [0.25, 0.3) is 8.32 Å². The number of aryl methyl sites for hydroxylation is 1. The Morgan fingerprint density at radius 2 is 1.19 bits per heavy atom. The van der Waals surface area contributed by atoms with E-state index in [0.717, 1.165) is 38.7 Å². The highest BCUT2D eigenvalue weighted by molar-refractivity contribution is 6.99. The molecule has 3 heteroatoms. The Bertz CT molecular complexity index is 982. The average molecular weight is 501 g/mol. The zero-order valence-corrected chi connectivity index (χ0v) is 23.7. The summed E-state index contributed by atoms with van der Waals surface area (Å²) in [4.78, 5) is 0. The molecule has 36 heavy (non-hydrogen) atoms. The maximum absolute atomic E-state index is 7.36. The van der Waals surface area contributed by atoms with Crippen LogP contribution in [0.5, 0.6) is 0 Å². The normalized spacial score (nSPS) is 19.7. The summed E-state index contributed by atoms with van der Waals surface area (Å²) in [5.74, 6) is 0.580. The third-order valence-electron chi connectivity index (χ3n) is 7.77. The van der Waals surface area contributed by atoms with Crippen molar-refractivity contribution in [1.29, 1.82) is 0 Å². The first kappa shape index (κ1) is 26.8. The van der Waals surface area contributed by atoms with E-state index in [1.807, 2.05) is 0 Å². The Kier molecular flexibility index (Phi) is 9.22. The molecule has 0 heterocycles. The fourth-order valence-corrected chi connectivity index (χ4v) is 10.5. The molecule has 0 aliphatic heterocycles. The molecule has 3 aromatic carbocycles. The van der Waals surface area contributed by atoms with Gasteiger partial charge in [-0.15, -0.1) is 0 Å². The first-order valence-corrected chi connectivity index (χ1v) is 15.7. The van der Waals surface area contributed by atoms with E-state index >= 15 is 0 Å². The molecule has 4 rings (SSSR count). The third-order valence-corrected chi connectivity index (χ3v) is 12.9. The van der Waals surface area contributed by atoms with Gasteiger partial charge in [-0.1, -0.05) is 119 Å². The van der Waals surface area contributed by atoms with Crippen molar-refractivity contribution in [2.75, 3.05) is 6.61 Å². The van der Waals surface area contributed by atoms with Gasteiger partial charge in [-0.25, -0.2) is 0 Å². The van der Waals surface area contributed by atoms with E-state index in [1.165, 1.54) is 22.4 Å². The molecule has 0 amide bonds. The van der Waals surface area contributed by atoms with E-state index in [2.05, 4.69) is 119 Å². The lowest BCUT2D eigenvalue weighted by Crippen LogP contribution is -2.67. The van der Waals surface area contributed by atoms with Crippen molar-refractivity contribution in [2.45, 2.75) is 83.5 Å². The molecular weight excluding hydrogens is 456 g/mol. The van der Waals surface area contributed by atoms with E-state index in [-0.39, 0.29) is 11.1 Å². The number of benzene rings is 3. The van der Waals surface area contributed by atoms with Crippen LogP contribution in [0.2, 0.25) is 5.04 Å². The van der Waals surface area contributed by atoms with E-state index < -0.39 is 8.32 Å². The average Bonchev–Trinajstić information content (AvgIpc) is 2.91. The Morgan fingerprint density at radius 1 is 0.722 bits per heavy atom. The van der Waals surface area contributed by atoms with Crippen LogP contribution < -0.4 is 10.4 Å². The lowest BCUT2D eigenvalue weighted by atomic mass is 9.95. The summed E-state index contributed by atoms with van der Waals surface area (Å²) >= 11 is 0. The summed E-state index contributed by atoms with van der Waals surface area (Å²) in [7, 11) is -2.48. The predicted molar refractivity (Wildman–Crippen MR) is 155 cm³/mol. The highest BCUT2D eigenvalue weighted by Crippen LogP contribution is 2.39. The van der Waals surface area contributed by atoms with Gasteiger partial charge in [0.15, 0.2) is 0 Å². The number of hydrogen-bond acceptors (Lipinski definition) is 2. The van der Waals surface area contributed by atoms with Gasteiger partial charge in [-0.2, -0.15) is 0 Å². The number of rotatable bonds is 10. The van der Waals surface area contributed by atoms with Crippen LogP contribution in [0.4, 0.5) is 0 Å². The second-order valence-electron chi connectivity index (χ2n) is 11.6. The highest BCUT2D eigenvalue weighted by Gasteiger charge is 2.51. The SMILES string of the molecule is C[C@H](CCc1ccccc1)COC1CCC(O[Si](c2ccccc2)(c2ccccc2)C(C)(C)C)CC1. The second kappa shape index (κ2) is 12.4. The van der Waals surface area contributed by atoms with Gasteiger partial charge in [-0.3, -0.25) is 0 Å². The van der Waals surface area contributed by atoms with Gasteiger partial charge in [0, 0.05) is 12.7 Å². The fraction of sp³-hybridized carbons (Fsp3) is 0.455. The minimum atomic E-state index is -2.48. The summed E-state index contributed by atoms with van der Waals surface area (Å²) in [5.41, 5.74) is 1.42. The van der Waals surface area contributed by atoms with Gasteiger partial charge in [-0.05, 0) is 65.4 Å². The molecule has 0 spiro atoms. The van der Waals surface area contributed by atoms with Crippen LogP contribution in [0, 0.1) is 5.92 Å². The van der Waals surface area contributed by atoms with Gasteiger partial charge < -0.3 is 9.16 Å². The molecule has 1 atom stereocenters. The minimum absolute atomic E-state index is 0.0250. The van der Waals surface area contributed by atoms with E-state index in [4.69, 9.17) is 9.16 Å². The molecule has 1 aliphatic carbocycles. The van der Waals surface area contributed by atoms with Crippen molar-refractivity contribution >= 4 is 18.7 Å². The van der Waals surface area contributed by atoms with Crippen molar-refractivity contribution in [2.24, 2.45) is 5.92 Å². The lowest BCUT2D eigenvalue weighted by molar-refractivity contribution is -0.0130. The van der Waals surface area contributed by atoms with Crippen molar-refractivity contribution < 1.29 is 9.16 Å². The van der Waals surface area contributed by atoms with Crippen LogP contribution in [-0.2, 0) is 15.6 Å². The standard InChI is InChI=1S/C33H44O2Si/c1-27(20-21-28-14-8-5-9-15-28)26-34-29-22-24-30(25-23-29)35-36(33(2,3)4,31-16-10-6-11-17-31)32-18-12-7-13-19-32/h5-19,27,29-30H,20-26H2,1-4H3/t27-,29?,30?/m1/s1. The molecule has 1 fully saturated rings. The Hall–Kier alpha value is -2.20. The molecule has 0 bridgehead atoms. The first-order valence-electron chi connectivity index (χ1n) is 13.8. The third kappa shape index (κ3) is 6.56. The van der Waals surface area contributed by atoms with Gasteiger partial charge in [0.05, 0.1) is 6.10 Å². The van der Waals surface area contributed by atoms with Gasteiger partial charge in [0.2, 0.25) is 0 Å². The van der Waals surface area contributed by atoms with Crippen LogP contribution in [0.1, 0.15) is 65.4 Å². The van der Waals surface area contributed by atoms with Crippen molar-refractivity contribution in [3.05, 3.63) is 96.6 Å².